The van der Waals surface area contributed by atoms with Crippen molar-refractivity contribution in [2.24, 2.45) is 0 Å². The number of hydrogen-bond acceptors (Lipinski definition) is 5. The fraction of sp³-hybridized carbons (Fsp3) is 0.617. The lowest BCUT2D eigenvalue weighted by atomic mass is 10.0. The molecule has 3 unspecified atom stereocenters. The van der Waals surface area contributed by atoms with Crippen molar-refractivity contribution in [2.45, 2.75) is 283 Å². The maximum absolute atomic E-state index is 13.0. The van der Waals surface area contributed by atoms with Gasteiger partial charge in [0.05, 0.1) is 39.9 Å². The molecule has 0 aromatic heterocycles. The van der Waals surface area contributed by atoms with Gasteiger partial charge < -0.3 is 19.8 Å². The van der Waals surface area contributed by atoms with Crippen molar-refractivity contribution < 1.29 is 32.9 Å². The summed E-state index contributed by atoms with van der Waals surface area (Å²) in [6.07, 6.45) is 110. The minimum Gasteiger partial charge on any atom is -0.387 e. The number of unbranched alkanes of at least 4 members (excludes halogenated alkanes) is 23. The molecule has 9 heteroatoms. The van der Waals surface area contributed by atoms with E-state index in [9.17, 15) is 19.4 Å². The third kappa shape index (κ3) is 71.0. The molecule has 0 radical (unpaired) electrons. The van der Waals surface area contributed by atoms with E-state index in [1.807, 2.05) is 27.2 Å². The van der Waals surface area contributed by atoms with Crippen molar-refractivity contribution in [2.75, 3.05) is 40.9 Å². The third-order valence-electron chi connectivity index (χ3n) is 15.1. The Morgan fingerprint density at radius 3 is 1.02 bits per heavy atom. The van der Waals surface area contributed by atoms with Crippen molar-refractivity contribution in [3.05, 3.63) is 182 Å². The largest absolute Gasteiger partial charge is 0.472 e. The van der Waals surface area contributed by atoms with E-state index in [0.717, 1.165) is 135 Å². The van der Waals surface area contributed by atoms with Crippen LogP contribution in [0.25, 0.3) is 0 Å². The summed E-state index contributed by atoms with van der Waals surface area (Å²) in [5, 5.41) is 14.0. The molecule has 0 heterocycles. The Morgan fingerprint density at radius 2 is 0.678 bits per heavy atom. The van der Waals surface area contributed by atoms with E-state index in [1.165, 1.54) is 116 Å². The number of amides is 1. The van der Waals surface area contributed by atoms with E-state index in [0.29, 0.717) is 17.4 Å². The molecule has 0 saturated heterocycles. The van der Waals surface area contributed by atoms with E-state index in [4.69, 9.17) is 9.05 Å². The average molecular weight is 1260 g/mol. The van der Waals surface area contributed by atoms with Crippen LogP contribution in [0.2, 0.25) is 0 Å². The Bertz CT molecular complexity index is 2130. The molecule has 0 aliphatic heterocycles. The number of nitrogens with zero attached hydrogens (tertiary/aromatic N) is 1. The lowest BCUT2D eigenvalue weighted by Gasteiger charge is -2.25. The second-order valence-electron chi connectivity index (χ2n) is 24.9. The predicted octanol–water partition coefficient (Wildman–Crippen LogP) is 23.7. The van der Waals surface area contributed by atoms with Gasteiger partial charge in [-0.1, -0.05) is 312 Å². The number of carbonyl (C=O) groups is 1. The Morgan fingerprint density at radius 1 is 0.389 bits per heavy atom. The van der Waals surface area contributed by atoms with Crippen molar-refractivity contribution in [3.63, 3.8) is 0 Å². The van der Waals surface area contributed by atoms with Gasteiger partial charge in [-0.3, -0.25) is 13.8 Å². The minimum absolute atomic E-state index is 0.0385. The highest BCUT2D eigenvalue weighted by Gasteiger charge is 2.28. The number of likely N-dealkylation sites (N-methyl/N-ethyl adjacent to an activating group) is 1. The number of phosphoric acid groups is 1. The molecule has 0 aromatic rings. The Balaban J connectivity index is 4.26. The normalized spacial score (nSPS) is 14.7. The first-order valence-electron chi connectivity index (χ1n) is 36.2. The van der Waals surface area contributed by atoms with Gasteiger partial charge in [0, 0.05) is 6.42 Å². The van der Waals surface area contributed by atoms with Crippen LogP contribution in [0.3, 0.4) is 0 Å². The zero-order chi connectivity index (χ0) is 65.5. The first-order valence-corrected chi connectivity index (χ1v) is 37.7. The van der Waals surface area contributed by atoms with Gasteiger partial charge in [0.2, 0.25) is 5.91 Å². The number of rotatable bonds is 64. The smallest absolute Gasteiger partial charge is 0.387 e. The van der Waals surface area contributed by atoms with Crippen molar-refractivity contribution in [1.29, 1.82) is 0 Å². The average Bonchev–Trinajstić information content (AvgIpc) is 3.09. The van der Waals surface area contributed by atoms with E-state index in [-0.39, 0.29) is 19.1 Å². The van der Waals surface area contributed by atoms with Gasteiger partial charge in [-0.2, -0.15) is 0 Å². The highest BCUT2D eigenvalue weighted by molar-refractivity contribution is 7.47. The first kappa shape index (κ1) is 85.6. The second-order valence-corrected chi connectivity index (χ2v) is 26.3. The number of phosphoric ester groups is 1. The molecule has 0 aliphatic carbocycles. The van der Waals surface area contributed by atoms with E-state index < -0.39 is 20.0 Å². The number of carbonyl (C=O) groups excluding carboxylic acids is 1. The SMILES string of the molecule is CC/C=C\C/C=C\C/C=C\C/C=C\C/C=C\C/C=C\C/C=C\C/C=C\C/C=C\C/C=C\C/C=C\C/C=C\CCCCCCC(=O)NC(COP(=O)(O)OCC[N+](C)(C)C)C(O)/C=C/CC/C=C/CC/C=C/CCCCCCCCCCCCCCCCCCC. The van der Waals surface area contributed by atoms with Gasteiger partial charge in [0.1, 0.15) is 13.2 Å². The Kier molecular flexibility index (Phi) is 65.6. The molecule has 0 saturated carbocycles. The zero-order valence-corrected chi connectivity index (χ0v) is 59.2. The highest BCUT2D eigenvalue weighted by atomic mass is 31.2. The maximum Gasteiger partial charge on any atom is 0.472 e. The number of nitrogens with one attached hydrogen (secondary N) is 1. The van der Waals surface area contributed by atoms with Crippen LogP contribution in [-0.2, 0) is 18.4 Å². The van der Waals surface area contributed by atoms with Crippen molar-refractivity contribution in [1.82, 2.24) is 5.32 Å². The topological polar surface area (TPSA) is 105 Å². The van der Waals surface area contributed by atoms with E-state index >= 15 is 0 Å². The van der Waals surface area contributed by atoms with Crippen LogP contribution >= 0.6 is 7.82 Å². The summed E-state index contributed by atoms with van der Waals surface area (Å²) in [6.45, 7) is 4.65. The molecule has 0 aromatic carbocycles. The summed E-state index contributed by atoms with van der Waals surface area (Å²) in [5.74, 6) is -0.221. The molecule has 1 amide bonds. The standard InChI is InChI=1S/C81H135N2O6P/c1-6-8-10-12-14-16-18-20-22-24-26-28-30-32-34-35-36-37-38-39-40-41-42-43-44-45-46-47-49-51-53-55-57-59-61-63-65-67-69-71-73-75-81(85)82-79(78-89-90(86,87)88-77-76-83(3,4)5)80(84)74-72-70-68-66-64-62-60-58-56-54-52-50-48-33-31-29-27-25-23-21-19-17-15-13-11-9-7-2/h8,10,14,16,20,22,26,28,32,34,36-37,39-40,42-43,45-46,49,51,55-58,61,63-64,66,72,74,79-80,84H,6-7,9,11-13,15,17-19,21,23-25,27,29-31,33,35,38,41,44,47-48,50,52-54,59-60,62,65,67-71,73,75-78H2,1-5H3,(H-,82,85,86,87)/p+1/b10-8-,16-14-,22-20-,28-26-,34-32-,37-36-,40-39-,43-42-,46-45-,51-49-,57-55-,58-56+,63-61-,66-64+,74-72+. The summed E-state index contributed by atoms with van der Waals surface area (Å²) >= 11 is 0. The highest BCUT2D eigenvalue weighted by Crippen LogP contribution is 2.43. The quantitative estimate of drug-likeness (QED) is 0.0243. The van der Waals surface area contributed by atoms with Crippen LogP contribution < -0.4 is 5.32 Å². The number of hydrogen-bond donors (Lipinski definition) is 3. The minimum atomic E-state index is -4.39. The van der Waals surface area contributed by atoms with Crippen molar-refractivity contribution >= 4 is 13.7 Å². The molecule has 3 atom stereocenters. The summed E-state index contributed by atoms with van der Waals surface area (Å²) in [6, 6.07) is -0.900. The number of quaternary nitrogens is 1. The molecule has 510 valence electrons. The van der Waals surface area contributed by atoms with Crippen LogP contribution in [0, 0.1) is 0 Å². The van der Waals surface area contributed by atoms with Gasteiger partial charge in [0.25, 0.3) is 0 Å². The number of aliphatic hydroxyl groups is 1. The van der Waals surface area contributed by atoms with Gasteiger partial charge in [-0.25, -0.2) is 4.57 Å². The van der Waals surface area contributed by atoms with Crippen molar-refractivity contribution in [3.8, 4) is 0 Å². The molecule has 3 N–H and O–H groups in total. The summed E-state index contributed by atoms with van der Waals surface area (Å²) < 4.78 is 23.8. The summed E-state index contributed by atoms with van der Waals surface area (Å²) in [5.41, 5.74) is 0. The van der Waals surface area contributed by atoms with Crippen LogP contribution in [0.4, 0.5) is 0 Å². The van der Waals surface area contributed by atoms with Crippen LogP contribution in [-0.4, -0.2) is 73.4 Å². The van der Waals surface area contributed by atoms with E-state index in [1.54, 1.807) is 6.08 Å². The molecule has 0 aliphatic rings. The zero-order valence-electron chi connectivity index (χ0n) is 58.3. The van der Waals surface area contributed by atoms with Crippen LogP contribution in [0.5, 0.6) is 0 Å². The number of allylic oxidation sites excluding steroid dienone is 29. The third-order valence-corrected chi connectivity index (χ3v) is 16.1. The molecule has 8 nitrogen and oxygen atoms in total. The molecule has 0 bridgehead atoms. The molecule has 0 fully saturated rings. The van der Waals surface area contributed by atoms with Crippen LogP contribution in [0.15, 0.2) is 182 Å². The summed E-state index contributed by atoms with van der Waals surface area (Å²) in [7, 11) is 1.50. The Hall–Kier alpha value is -4.40. The molecular weight excluding hydrogens is 1130 g/mol. The predicted molar refractivity (Wildman–Crippen MR) is 396 cm³/mol. The first-order chi connectivity index (χ1) is 44.0. The van der Waals surface area contributed by atoms with Crippen LogP contribution in [0.1, 0.15) is 271 Å². The molecular formula is C81H136N2O6P+. The molecule has 0 rings (SSSR count). The lowest BCUT2D eigenvalue weighted by Crippen LogP contribution is -2.45. The lowest BCUT2D eigenvalue weighted by molar-refractivity contribution is -0.870. The van der Waals surface area contributed by atoms with Gasteiger partial charge in [-0.05, 0) is 135 Å². The molecule has 90 heavy (non-hydrogen) atoms. The van der Waals surface area contributed by atoms with Gasteiger partial charge in [0.15, 0.2) is 0 Å². The molecule has 0 spiro atoms. The monoisotopic (exact) mass is 1260 g/mol. The summed E-state index contributed by atoms with van der Waals surface area (Å²) in [4.78, 5) is 23.4. The van der Waals surface area contributed by atoms with Gasteiger partial charge >= 0.3 is 7.82 Å². The maximum atomic E-state index is 13.0. The van der Waals surface area contributed by atoms with E-state index in [2.05, 4.69) is 189 Å². The number of aliphatic hydroxyl groups excluding tert-OH is 1. The fourth-order valence-corrected chi connectivity index (χ4v) is 10.3. The Labute approximate surface area is 555 Å². The van der Waals surface area contributed by atoms with Gasteiger partial charge in [-0.15, -0.1) is 0 Å². The second kappa shape index (κ2) is 69.0. The fourth-order valence-electron chi connectivity index (χ4n) is 9.53.